The summed E-state index contributed by atoms with van der Waals surface area (Å²) in [5.41, 5.74) is 0. The largest absolute Gasteiger partial charge is 0.469 e. The Labute approximate surface area is 115 Å². The third-order valence-electron chi connectivity index (χ3n) is 3.40. The van der Waals surface area contributed by atoms with Crippen LogP contribution in [0.5, 0.6) is 0 Å². The molecular weight excluding hydrogens is 264 g/mol. The van der Waals surface area contributed by atoms with Crippen LogP contribution in [0.25, 0.3) is 0 Å². The number of piperidine rings is 1. The summed E-state index contributed by atoms with van der Waals surface area (Å²) in [4.78, 5) is 0. The smallest absolute Gasteiger partial charge is 0.279 e. The van der Waals surface area contributed by atoms with Crippen molar-refractivity contribution in [2.24, 2.45) is 5.92 Å². The first kappa shape index (κ1) is 14.6. The van der Waals surface area contributed by atoms with Gasteiger partial charge in [0.25, 0.3) is 10.2 Å². The molecule has 0 spiro atoms. The topological polar surface area (TPSA) is 62.6 Å². The second kappa shape index (κ2) is 6.07. The highest BCUT2D eigenvalue weighted by atomic mass is 32.2. The molecule has 1 aliphatic rings. The van der Waals surface area contributed by atoms with Gasteiger partial charge in [0, 0.05) is 25.6 Å². The molecule has 2 rings (SSSR count). The van der Waals surface area contributed by atoms with E-state index in [1.807, 2.05) is 19.1 Å². The van der Waals surface area contributed by atoms with Gasteiger partial charge in [0.2, 0.25) is 0 Å². The van der Waals surface area contributed by atoms with Gasteiger partial charge in [-0.2, -0.15) is 17.4 Å². The molecule has 6 heteroatoms. The van der Waals surface area contributed by atoms with Crippen molar-refractivity contribution in [2.75, 3.05) is 13.1 Å². The van der Waals surface area contributed by atoms with E-state index < -0.39 is 10.2 Å². The number of furan rings is 1. The molecule has 5 nitrogen and oxygen atoms in total. The van der Waals surface area contributed by atoms with E-state index in [0.29, 0.717) is 25.4 Å². The molecular formula is C13H22N2O3S. The number of nitrogens with one attached hydrogen (secondary N) is 1. The summed E-state index contributed by atoms with van der Waals surface area (Å²) >= 11 is 0. The highest BCUT2D eigenvalue weighted by molar-refractivity contribution is 7.87. The van der Waals surface area contributed by atoms with E-state index in [9.17, 15) is 8.42 Å². The molecule has 1 fully saturated rings. The van der Waals surface area contributed by atoms with Crippen LogP contribution in [0.1, 0.15) is 32.4 Å². The van der Waals surface area contributed by atoms with E-state index in [2.05, 4.69) is 11.6 Å². The number of rotatable bonds is 5. The molecule has 0 unspecified atom stereocenters. The van der Waals surface area contributed by atoms with E-state index in [1.165, 1.54) is 0 Å². The zero-order valence-electron chi connectivity index (χ0n) is 11.5. The summed E-state index contributed by atoms with van der Waals surface area (Å²) in [6, 6.07) is 3.49. The van der Waals surface area contributed by atoms with Crippen LogP contribution in [0.15, 0.2) is 22.8 Å². The van der Waals surface area contributed by atoms with Gasteiger partial charge in [0.15, 0.2) is 0 Å². The molecule has 0 aliphatic carbocycles. The highest BCUT2D eigenvalue weighted by Crippen LogP contribution is 2.18. The Kier molecular flexibility index (Phi) is 4.65. The Morgan fingerprint density at radius 1 is 1.58 bits per heavy atom. The predicted molar refractivity (Wildman–Crippen MR) is 73.9 cm³/mol. The lowest BCUT2D eigenvalue weighted by molar-refractivity contribution is 0.276. The highest BCUT2D eigenvalue weighted by Gasteiger charge is 2.28. The lowest BCUT2D eigenvalue weighted by atomic mass is 10.0. The molecule has 1 saturated heterocycles. The van der Waals surface area contributed by atoms with Gasteiger partial charge in [-0.05, 0) is 37.8 Å². The predicted octanol–water partition coefficient (Wildman–Crippen LogP) is 1.78. The lowest BCUT2D eigenvalue weighted by Gasteiger charge is -2.31. The van der Waals surface area contributed by atoms with Crippen molar-refractivity contribution in [3.63, 3.8) is 0 Å². The summed E-state index contributed by atoms with van der Waals surface area (Å²) in [6.07, 6.45) is 4.21. The molecule has 0 bridgehead atoms. The van der Waals surface area contributed by atoms with Crippen molar-refractivity contribution in [1.29, 1.82) is 0 Å². The molecule has 1 aromatic rings. The van der Waals surface area contributed by atoms with E-state index in [-0.39, 0.29) is 6.04 Å². The molecule has 0 amide bonds. The molecule has 1 aromatic heterocycles. The first-order chi connectivity index (χ1) is 8.97. The summed E-state index contributed by atoms with van der Waals surface area (Å²) < 4.78 is 34.0. The molecule has 108 valence electrons. The van der Waals surface area contributed by atoms with Crippen molar-refractivity contribution in [2.45, 2.75) is 39.2 Å². The van der Waals surface area contributed by atoms with Gasteiger partial charge in [-0.25, -0.2) is 0 Å². The van der Waals surface area contributed by atoms with Crippen molar-refractivity contribution >= 4 is 10.2 Å². The number of hydrogen-bond donors (Lipinski definition) is 1. The fourth-order valence-corrected chi connectivity index (χ4v) is 4.03. The first-order valence-electron chi connectivity index (χ1n) is 6.77. The van der Waals surface area contributed by atoms with Crippen LogP contribution in [0.2, 0.25) is 0 Å². The summed E-state index contributed by atoms with van der Waals surface area (Å²) in [5.74, 6) is 1.23. The second-order valence-corrected chi connectivity index (χ2v) is 7.12. The molecule has 0 aromatic carbocycles. The Hall–Kier alpha value is -0.850. The standard InChI is InChI=1S/C13H22N2O3S/c1-11-5-3-7-15(10-11)19(16,17)14-12(2)9-13-6-4-8-18-13/h4,6,8,11-12,14H,3,5,7,9-10H2,1-2H3/t11-,12-/m0/s1. The van der Waals surface area contributed by atoms with Gasteiger partial charge in [-0.1, -0.05) is 6.92 Å². The average Bonchev–Trinajstić information content (AvgIpc) is 2.81. The molecule has 2 heterocycles. The van der Waals surface area contributed by atoms with Crippen LogP contribution in [-0.2, 0) is 16.6 Å². The third-order valence-corrected chi connectivity index (χ3v) is 5.11. The molecule has 1 N–H and O–H groups in total. The second-order valence-electron chi connectivity index (χ2n) is 5.41. The SMILES string of the molecule is C[C@H]1CCCN(S(=O)(=O)N[C@@H](C)Cc2ccco2)C1. The van der Waals surface area contributed by atoms with Crippen LogP contribution < -0.4 is 4.72 Å². The van der Waals surface area contributed by atoms with Gasteiger partial charge in [0.05, 0.1) is 6.26 Å². The maximum absolute atomic E-state index is 12.3. The monoisotopic (exact) mass is 286 g/mol. The summed E-state index contributed by atoms with van der Waals surface area (Å²) in [5, 5.41) is 0. The Morgan fingerprint density at radius 3 is 3.00 bits per heavy atom. The van der Waals surface area contributed by atoms with E-state index in [1.54, 1.807) is 10.6 Å². The molecule has 0 radical (unpaired) electrons. The van der Waals surface area contributed by atoms with Crippen LogP contribution in [0.4, 0.5) is 0 Å². The van der Waals surface area contributed by atoms with Crippen molar-refractivity contribution in [1.82, 2.24) is 9.03 Å². The molecule has 0 saturated carbocycles. The fourth-order valence-electron chi connectivity index (χ4n) is 2.47. The minimum absolute atomic E-state index is 0.173. The molecule has 19 heavy (non-hydrogen) atoms. The van der Waals surface area contributed by atoms with Crippen LogP contribution >= 0.6 is 0 Å². The van der Waals surface area contributed by atoms with Gasteiger partial charge < -0.3 is 4.42 Å². The van der Waals surface area contributed by atoms with Crippen molar-refractivity contribution in [3.8, 4) is 0 Å². The normalized spacial score (nSPS) is 23.4. The maximum atomic E-state index is 12.3. The third kappa shape index (κ3) is 4.06. The summed E-state index contributed by atoms with van der Waals surface area (Å²) in [6.45, 7) is 5.18. The minimum atomic E-state index is -3.38. The lowest BCUT2D eigenvalue weighted by Crippen LogP contribution is -2.48. The Balaban J connectivity index is 1.92. The Bertz CT molecular complexity index is 484. The molecule has 2 atom stereocenters. The quantitative estimate of drug-likeness (QED) is 0.897. The van der Waals surface area contributed by atoms with Gasteiger partial charge >= 0.3 is 0 Å². The number of hydrogen-bond acceptors (Lipinski definition) is 3. The van der Waals surface area contributed by atoms with Gasteiger partial charge in [0.1, 0.15) is 5.76 Å². The van der Waals surface area contributed by atoms with Crippen LogP contribution in [-0.4, -0.2) is 31.9 Å². The fraction of sp³-hybridized carbons (Fsp3) is 0.692. The van der Waals surface area contributed by atoms with Crippen LogP contribution in [0, 0.1) is 5.92 Å². The van der Waals surface area contributed by atoms with Gasteiger partial charge in [-0.15, -0.1) is 0 Å². The number of nitrogens with zero attached hydrogens (tertiary/aromatic N) is 1. The first-order valence-corrected chi connectivity index (χ1v) is 8.21. The van der Waals surface area contributed by atoms with E-state index in [4.69, 9.17) is 4.42 Å². The zero-order chi connectivity index (χ0) is 13.9. The molecule has 1 aliphatic heterocycles. The van der Waals surface area contributed by atoms with Crippen molar-refractivity contribution < 1.29 is 12.8 Å². The average molecular weight is 286 g/mol. The zero-order valence-corrected chi connectivity index (χ0v) is 12.3. The van der Waals surface area contributed by atoms with E-state index in [0.717, 1.165) is 18.6 Å². The summed E-state index contributed by atoms with van der Waals surface area (Å²) in [7, 11) is -3.38. The van der Waals surface area contributed by atoms with E-state index >= 15 is 0 Å². The minimum Gasteiger partial charge on any atom is -0.469 e. The van der Waals surface area contributed by atoms with Crippen LogP contribution in [0.3, 0.4) is 0 Å². The van der Waals surface area contributed by atoms with Crippen molar-refractivity contribution in [3.05, 3.63) is 24.2 Å². The Morgan fingerprint density at radius 2 is 2.37 bits per heavy atom. The van der Waals surface area contributed by atoms with Gasteiger partial charge in [-0.3, -0.25) is 0 Å². The maximum Gasteiger partial charge on any atom is 0.279 e.